The molecule has 0 bridgehead atoms. The minimum Gasteiger partial charge on any atom is -0.496 e. The largest absolute Gasteiger partial charge is 0.496 e. The Morgan fingerprint density at radius 2 is 1.04 bits per heavy atom. The van der Waals surface area contributed by atoms with Crippen LogP contribution in [0.15, 0.2) is 48.5 Å². The molecule has 0 unspecified atom stereocenters. The standard InChI is InChI=1S/2C8H8O3.Cu/c2*1-11-7-5-3-2-4-6(7)8(9)10;/h2*2-5H,1H3,(H,9,10);. The number of hydrogen-bond donors (Lipinski definition) is 2. The first-order valence-corrected chi connectivity index (χ1v) is 6.23. The molecule has 0 fully saturated rings. The Bertz CT molecular complexity index is 599. The number of para-hydroxylation sites is 2. The van der Waals surface area contributed by atoms with Crippen LogP contribution in [0, 0.1) is 0 Å². The van der Waals surface area contributed by atoms with E-state index in [2.05, 4.69) is 0 Å². The Hall–Kier alpha value is -2.50. The summed E-state index contributed by atoms with van der Waals surface area (Å²) in [6.07, 6.45) is 0. The summed E-state index contributed by atoms with van der Waals surface area (Å²) < 4.78 is 9.65. The van der Waals surface area contributed by atoms with Gasteiger partial charge in [-0.25, -0.2) is 9.59 Å². The van der Waals surface area contributed by atoms with Crippen molar-refractivity contribution in [3.63, 3.8) is 0 Å². The molecular weight excluding hydrogens is 352 g/mol. The molecule has 1 radical (unpaired) electrons. The maximum Gasteiger partial charge on any atom is 0.339 e. The number of benzene rings is 2. The van der Waals surface area contributed by atoms with Crippen LogP contribution in [0.3, 0.4) is 0 Å². The molecule has 0 saturated heterocycles. The molecule has 0 spiro atoms. The summed E-state index contributed by atoms with van der Waals surface area (Å²) >= 11 is 0. The molecule has 2 aromatic carbocycles. The van der Waals surface area contributed by atoms with Crippen molar-refractivity contribution in [1.82, 2.24) is 0 Å². The van der Waals surface area contributed by atoms with Gasteiger partial charge in [0.25, 0.3) is 0 Å². The molecule has 2 rings (SSSR count). The summed E-state index contributed by atoms with van der Waals surface area (Å²) in [6.45, 7) is 0. The zero-order valence-electron chi connectivity index (χ0n) is 12.4. The van der Waals surface area contributed by atoms with Crippen LogP contribution in [0.2, 0.25) is 0 Å². The van der Waals surface area contributed by atoms with Crippen LogP contribution in [0.1, 0.15) is 20.7 Å². The van der Waals surface area contributed by atoms with E-state index < -0.39 is 11.9 Å². The molecule has 0 saturated carbocycles. The van der Waals surface area contributed by atoms with E-state index in [1.54, 1.807) is 36.4 Å². The Morgan fingerprint density at radius 1 is 0.739 bits per heavy atom. The number of rotatable bonds is 4. The van der Waals surface area contributed by atoms with Crippen LogP contribution < -0.4 is 9.47 Å². The Labute approximate surface area is 144 Å². The molecule has 23 heavy (non-hydrogen) atoms. The third kappa shape index (κ3) is 6.02. The van der Waals surface area contributed by atoms with E-state index in [1.807, 2.05) is 0 Å². The summed E-state index contributed by atoms with van der Waals surface area (Å²) in [5, 5.41) is 17.2. The van der Waals surface area contributed by atoms with Gasteiger partial charge in [0.2, 0.25) is 0 Å². The molecule has 0 amide bonds. The SMILES string of the molecule is COc1ccccc1C(=O)O.COc1ccccc1C(=O)O.[Cu]. The molecule has 2 N–H and O–H groups in total. The van der Waals surface area contributed by atoms with Crippen LogP contribution in [0.25, 0.3) is 0 Å². The number of carboxylic acid groups (broad SMARTS) is 2. The fourth-order valence-electron chi connectivity index (χ4n) is 1.64. The number of ether oxygens (including phenoxy) is 2. The summed E-state index contributed by atoms with van der Waals surface area (Å²) in [5.41, 5.74) is 0.380. The third-order valence-corrected chi connectivity index (χ3v) is 2.67. The summed E-state index contributed by atoms with van der Waals surface area (Å²) in [4.78, 5) is 21.0. The number of carboxylic acids is 2. The first-order valence-electron chi connectivity index (χ1n) is 6.23. The van der Waals surface area contributed by atoms with Crippen LogP contribution in [-0.4, -0.2) is 36.4 Å². The van der Waals surface area contributed by atoms with Crippen LogP contribution in [0.5, 0.6) is 11.5 Å². The average Bonchev–Trinajstić information content (AvgIpc) is 2.55. The van der Waals surface area contributed by atoms with Crippen molar-refractivity contribution in [2.45, 2.75) is 0 Å². The van der Waals surface area contributed by atoms with Crippen molar-refractivity contribution in [3.05, 3.63) is 59.7 Å². The smallest absolute Gasteiger partial charge is 0.339 e. The van der Waals surface area contributed by atoms with Crippen molar-refractivity contribution >= 4 is 11.9 Å². The van der Waals surface area contributed by atoms with Gasteiger partial charge in [-0.2, -0.15) is 0 Å². The van der Waals surface area contributed by atoms with E-state index in [1.165, 1.54) is 26.4 Å². The van der Waals surface area contributed by atoms with Crippen LogP contribution in [-0.2, 0) is 17.1 Å². The van der Waals surface area contributed by atoms with Gasteiger partial charge < -0.3 is 19.7 Å². The average molecular weight is 368 g/mol. The number of aromatic carboxylic acids is 2. The van der Waals surface area contributed by atoms with Gasteiger partial charge in [-0.05, 0) is 24.3 Å². The summed E-state index contributed by atoms with van der Waals surface area (Å²) in [6, 6.07) is 13.0. The van der Waals surface area contributed by atoms with Gasteiger partial charge in [-0.1, -0.05) is 24.3 Å². The molecular formula is C16H16CuO6. The van der Waals surface area contributed by atoms with E-state index in [0.717, 1.165) is 0 Å². The molecule has 0 aliphatic carbocycles. The quantitative estimate of drug-likeness (QED) is 0.807. The van der Waals surface area contributed by atoms with Crippen LogP contribution >= 0.6 is 0 Å². The van der Waals surface area contributed by atoms with Gasteiger partial charge in [0, 0.05) is 17.1 Å². The van der Waals surface area contributed by atoms with Gasteiger partial charge in [0.1, 0.15) is 22.6 Å². The van der Waals surface area contributed by atoms with E-state index in [9.17, 15) is 9.59 Å². The van der Waals surface area contributed by atoms with E-state index >= 15 is 0 Å². The second-order valence-corrected chi connectivity index (χ2v) is 4.01. The summed E-state index contributed by atoms with van der Waals surface area (Å²) in [7, 11) is 2.89. The summed E-state index contributed by atoms with van der Waals surface area (Å²) in [5.74, 6) is -1.16. The normalized spacial score (nSPS) is 8.78. The van der Waals surface area contributed by atoms with Gasteiger partial charge >= 0.3 is 11.9 Å². The molecule has 127 valence electrons. The Balaban J connectivity index is 0.000000403. The van der Waals surface area contributed by atoms with E-state index in [-0.39, 0.29) is 28.2 Å². The monoisotopic (exact) mass is 367 g/mol. The predicted molar refractivity (Wildman–Crippen MR) is 79.9 cm³/mol. The van der Waals surface area contributed by atoms with E-state index in [4.69, 9.17) is 19.7 Å². The minimum absolute atomic E-state index is 0. The zero-order valence-corrected chi connectivity index (χ0v) is 13.4. The van der Waals surface area contributed by atoms with Crippen molar-refractivity contribution in [3.8, 4) is 11.5 Å². The molecule has 0 heterocycles. The second kappa shape index (κ2) is 10.3. The van der Waals surface area contributed by atoms with Gasteiger partial charge in [0.05, 0.1) is 14.2 Å². The number of carbonyl (C=O) groups is 2. The first-order chi connectivity index (χ1) is 10.5. The maximum atomic E-state index is 10.5. The van der Waals surface area contributed by atoms with Crippen LogP contribution in [0.4, 0.5) is 0 Å². The Morgan fingerprint density at radius 3 is 1.26 bits per heavy atom. The Kier molecular flexibility index (Phi) is 9.15. The molecule has 0 aliphatic heterocycles. The van der Waals surface area contributed by atoms with Crippen molar-refractivity contribution < 1.29 is 46.3 Å². The van der Waals surface area contributed by atoms with Gasteiger partial charge in [-0.3, -0.25) is 0 Å². The minimum atomic E-state index is -0.970. The fraction of sp³-hybridized carbons (Fsp3) is 0.125. The van der Waals surface area contributed by atoms with Gasteiger partial charge in [-0.15, -0.1) is 0 Å². The predicted octanol–water partition coefficient (Wildman–Crippen LogP) is 2.78. The zero-order chi connectivity index (χ0) is 16.5. The molecule has 2 aromatic rings. The number of methoxy groups -OCH3 is 2. The molecule has 7 heteroatoms. The second-order valence-electron chi connectivity index (χ2n) is 4.01. The van der Waals surface area contributed by atoms with Gasteiger partial charge in [0.15, 0.2) is 0 Å². The first kappa shape index (κ1) is 20.5. The van der Waals surface area contributed by atoms with Crippen molar-refractivity contribution in [1.29, 1.82) is 0 Å². The number of hydrogen-bond acceptors (Lipinski definition) is 4. The molecule has 0 atom stereocenters. The molecule has 0 aromatic heterocycles. The van der Waals surface area contributed by atoms with E-state index in [0.29, 0.717) is 11.5 Å². The maximum absolute atomic E-state index is 10.5. The van der Waals surface area contributed by atoms with Crippen molar-refractivity contribution in [2.24, 2.45) is 0 Å². The van der Waals surface area contributed by atoms with Crippen molar-refractivity contribution in [2.75, 3.05) is 14.2 Å². The topological polar surface area (TPSA) is 93.1 Å². The third-order valence-electron chi connectivity index (χ3n) is 2.67. The molecule has 6 nitrogen and oxygen atoms in total. The fourth-order valence-corrected chi connectivity index (χ4v) is 1.64. The molecule has 0 aliphatic rings.